The van der Waals surface area contributed by atoms with Crippen molar-refractivity contribution in [3.05, 3.63) is 60.7 Å². The van der Waals surface area contributed by atoms with Crippen molar-refractivity contribution >= 4 is 36.1 Å². The molecule has 176 valence electrons. The van der Waals surface area contributed by atoms with E-state index in [4.69, 9.17) is 26.6 Å². The molecule has 0 spiro atoms. The van der Waals surface area contributed by atoms with Crippen molar-refractivity contribution in [3.63, 3.8) is 0 Å². The molecule has 2 aromatic carbocycles. The van der Waals surface area contributed by atoms with Crippen molar-refractivity contribution in [2.45, 2.75) is 26.2 Å². The lowest BCUT2D eigenvalue weighted by Crippen LogP contribution is -2.57. The number of hydrogen-bond acceptors (Lipinski definition) is 6. The van der Waals surface area contributed by atoms with Crippen molar-refractivity contribution in [2.75, 3.05) is 42.7 Å². The first-order valence-corrected chi connectivity index (χ1v) is 17.4. The van der Waals surface area contributed by atoms with Gasteiger partial charge in [-0.2, -0.15) is 0 Å². The van der Waals surface area contributed by atoms with Gasteiger partial charge >= 0.3 is 17.4 Å². The molecule has 0 unspecified atom stereocenters. The summed E-state index contributed by atoms with van der Waals surface area (Å²) in [6.45, 7) is 8.05. The topological polar surface area (TPSA) is 55.4 Å². The standard InChI is InChI=1S/C14H16OSi.C4H12O3Si.C4H12O2Si/c1-15-16(2,13-9-5-3-6-10-13)14-11-7-4-8-12-14;1-5-8(4,6-2)7-3;1-5-7(3,4)6-2/h3-12H,1-2H3;1-4H3;1-4H3. The van der Waals surface area contributed by atoms with Gasteiger partial charge in [-0.1, -0.05) is 60.7 Å². The summed E-state index contributed by atoms with van der Waals surface area (Å²) < 4.78 is 30.6. The fraction of sp³-hybridized carbons (Fsp3) is 0.455. The normalized spacial score (nSPS) is 11.7. The minimum absolute atomic E-state index is 1.31. The van der Waals surface area contributed by atoms with Crippen molar-refractivity contribution in [2.24, 2.45) is 0 Å². The molecule has 0 aliphatic carbocycles. The van der Waals surface area contributed by atoms with Crippen LogP contribution < -0.4 is 10.4 Å². The molecule has 0 amide bonds. The Morgan fingerprint density at radius 2 is 0.774 bits per heavy atom. The van der Waals surface area contributed by atoms with Gasteiger partial charge in [0.1, 0.15) is 0 Å². The van der Waals surface area contributed by atoms with Gasteiger partial charge in [-0.05, 0) is 30.0 Å². The highest BCUT2D eigenvalue weighted by molar-refractivity contribution is 6.96. The van der Waals surface area contributed by atoms with Gasteiger partial charge in [0, 0.05) is 49.2 Å². The summed E-state index contributed by atoms with van der Waals surface area (Å²) in [5, 5.41) is 2.62. The molecule has 0 bridgehead atoms. The van der Waals surface area contributed by atoms with Gasteiger partial charge in [0.2, 0.25) is 0 Å². The molecule has 0 aromatic heterocycles. The first-order chi connectivity index (χ1) is 14.6. The van der Waals surface area contributed by atoms with Crippen molar-refractivity contribution in [1.29, 1.82) is 0 Å². The Hall–Kier alpha value is -1.15. The van der Waals surface area contributed by atoms with Crippen LogP contribution in [0.1, 0.15) is 0 Å². The van der Waals surface area contributed by atoms with Crippen molar-refractivity contribution in [1.82, 2.24) is 0 Å². The van der Waals surface area contributed by atoms with Crippen LogP contribution >= 0.6 is 0 Å². The van der Waals surface area contributed by atoms with Gasteiger partial charge < -0.3 is 26.6 Å². The number of hydrogen-bond donors (Lipinski definition) is 0. The van der Waals surface area contributed by atoms with Gasteiger partial charge in [-0.15, -0.1) is 0 Å². The molecule has 0 heterocycles. The zero-order chi connectivity index (χ0) is 24.0. The Bertz CT molecular complexity index is 643. The molecule has 0 N–H and O–H groups in total. The summed E-state index contributed by atoms with van der Waals surface area (Å²) in [5.41, 5.74) is 0. The molecule has 2 aromatic rings. The predicted molar refractivity (Wildman–Crippen MR) is 135 cm³/mol. The molecular formula is C22H40O6Si3. The average molecular weight is 485 g/mol. The van der Waals surface area contributed by atoms with E-state index in [1.165, 1.54) is 10.4 Å². The van der Waals surface area contributed by atoms with Gasteiger partial charge in [-0.3, -0.25) is 0 Å². The van der Waals surface area contributed by atoms with E-state index in [-0.39, 0.29) is 0 Å². The summed E-state index contributed by atoms with van der Waals surface area (Å²) in [6.07, 6.45) is 0. The van der Waals surface area contributed by atoms with E-state index in [1.807, 2.05) is 38.9 Å². The Labute approximate surface area is 192 Å². The lowest BCUT2D eigenvalue weighted by atomic mass is 10.4. The highest BCUT2D eigenvalue weighted by atomic mass is 28.4. The van der Waals surface area contributed by atoms with Crippen LogP contribution in [-0.2, 0) is 26.6 Å². The zero-order valence-electron chi connectivity index (χ0n) is 20.7. The van der Waals surface area contributed by atoms with Crippen LogP contribution in [-0.4, -0.2) is 68.3 Å². The van der Waals surface area contributed by atoms with Gasteiger partial charge in [-0.25, -0.2) is 0 Å². The second kappa shape index (κ2) is 14.8. The summed E-state index contributed by atoms with van der Waals surface area (Å²) in [7, 11) is 4.11. The van der Waals surface area contributed by atoms with Crippen LogP contribution in [0.2, 0.25) is 26.2 Å². The molecule has 0 atom stereocenters. The molecule has 0 saturated carbocycles. The van der Waals surface area contributed by atoms with E-state index in [9.17, 15) is 0 Å². The molecule has 2 rings (SSSR count). The quantitative estimate of drug-likeness (QED) is 0.535. The third-order valence-electron chi connectivity index (χ3n) is 5.15. The minimum Gasteiger partial charge on any atom is -0.411 e. The second-order valence-electron chi connectivity index (χ2n) is 7.25. The monoisotopic (exact) mass is 484 g/mol. The van der Waals surface area contributed by atoms with E-state index in [0.717, 1.165) is 0 Å². The average Bonchev–Trinajstić information content (AvgIpc) is 2.85. The first kappa shape index (κ1) is 29.9. The van der Waals surface area contributed by atoms with Crippen LogP contribution in [0.5, 0.6) is 0 Å². The highest BCUT2D eigenvalue weighted by Gasteiger charge is 2.32. The highest BCUT2D eigenvalue weighted by Crippen LogP contribution is 2.05. The van der Waals surface area contributed by atoms with Crippen molar-refractivity contribution in [3.8, 4) is 0 Å². The third-order valence-corrected chi connectivity index (χ3v) is 13.0. The maximum Gasteiger partial charge on any atom is 0.496 e. The van der Waals surface area contributed by atoms with Crippen LogP contribution in [0, 0.1) is 0 Å². The molecule has 9 heteroatoms. The molecule has 0 aliphatic heterocycles. The van der Waals surface area contributed by atoms with Crippen LogP contribution in [0.4, 0.5) is 0 Å². The number of rotatable bonds is 8. The summed E-state index contributed by atoms with van der Waals surface area (Å²) in [4.78, 5) is 0. The van der Waals surface area contributed by atoms with E-state index in [1.54, 1.807) is 35.5 Å². The smallest absolute Gasteiger partial charge is 0.411 e. The zero-order valence-corrected chi connectivity index (χ0v) is 23.7. The Morgan fingerprint density at radius 1 is 0.452 bits per heavy atom. The largest absolute Gasteiger partial charge is 0.496 e. The van der Waals surface area contributed by atoms with Crippen LogP contribution in [0.15, 0.2) is 60.7 Å². The summed E-state index contributed by atoms with van der Waals surface area (Å²) >= 11 is 0. The molecule has 0 fully saturated rings. The Kier molecular flexibility index (Phi) is 14.3. The summed E-state index contributed by atoms with van der Waals surface area (Å²) in [5.74, 6) is 0. The van der Waals surface area contributed by atoms with Gasteiger partial charge in [0.25, 0.3) is 8.32 Å². The molecule has 0 radical (unpaired) electrons. The lowest BCUT2D eigenvalue weighted by Gasteiger charge is -2.26. The molecule has 0 aliphatic rings. The van der Waals surface area contributed by atoms with E-state index >= 15 is 0 Å². The predicted octanol–water partition coefficient (Wildman–Crippen LogP) is 3.50. The van der Waals surface area contributed by atoms with E-state index in [0.29, 0.717) is 0 Å². The molecule has 6 nitrogen and oxygen atoms in total. The van der Waals surface area contributed by atoms with Gasteiger partial charge in [0.05, 0.1) is 0 Å². The lowest BCUT2D eigenvalue weighted by molar-refractivity contribution is 0.132. The fourth-order valence-electron chi connectivity index (χ4n) is 2.25. The first-order valence-electron chi connectivity index (χ1n) is 10.00. The number of benzene rings is 2. The van der Waals surface area contributed by atoms with Gasteiger partial charge in [0.15, 0.2) is 0 Å². The molecule has 0 saturated heterocycles. The maximum atomic E-state index is 5.85. The fourth-order valence-corrected chi connectivity index (χ4v) is 5.38. The molecular weight excluding hydrogens is 444 g/mol. The minimum atomic E-state index is -2.17. The van der Waals surface area contributed by atoms with E-state index in [2.05, 4.69) is 55.1 Å². The summed E-state index contributed by atoms with van der Waals surface area (Å²) in [6, 6.07) is 21.0. The third kappa shape index (κ3) is 10.3. The van der Waals surface area contributed by atoms with Crippen LogP contribution in [0.3, 0.4) is 0 Å². The Morgan fingerprint density at radius 3 is 0.935 bits per heavy atom. The maximum absolute atomic E-state index is 5.85. The van der Waals surface area contributed by atoms with Crippen molar-refractivity contribution < 1.29 is 26.6 Å². The van der Waals surface area contributed by atoms with E-state index < -0.39 is 25.7 Å². The second-order valence-corrected chi connectivity index (χ2v) is 17.4. The molecule has 31 heavy (non-hydrogen) atoms. The SMILES string of the molecule is CO[Si](C)(C)OC.CO[Si](C)(OC)OC.CO[Si](C)(c1ccccc1)c1ccccc1. The van der Waals surface area contributed by atoms with Crippen LogP contribution in [0.25, 0.3) is 0 Å². The Balaban J connectivity index is 0.000000506.